The lowest BCUT2D eigenvalue weighted by Crippen LogP contribution is -2.04. The molecular formula is C45H26N4OS. The van der Waals surface area contributed by atoms with Gasteiger partial charge in [-0.25, -0.2) is 15.0 Å². The number of hydrogen-bond donors (Lipinski definition) is 0. The van der Waals surface area contributed by atoms with Gasteiger partial charge in [0.25, 0.3) is 0 Å². The number of para-hydroxylation sites is 3. The summed E-state index contributed by atoms with van der Waals surface area (Å²) in [6, 6.07) is 54.9. The van der Waals surface area contributed by atoms with Gasteiger partial charge in [-0.2, -0.15) is 0 Å². The monoisotopic (exact) mass is 670 g/mol. The highest BCUT2D eigenvalue weighted by Crippen LogP contribution is 2.45. The van der Waals surface area contributed by atoms with Gasteiger partial charge >= 0.3 is 0 Å². The zero-order chi connectivity index (χ0) is 33.5. The minimum atomic E-state index is 0.607. The van der Waals surface area contributed by atoms with E-state index in [9.17, 15) is 0 Å². The maximum Gasteiger partial charge on any atom is 0.166 e. The Kier molecular flexibility index (Phi) is 6.05. The quantitative estimate of drug-likeness (QED) is 0.187. The lowest BCUT2D eigenvalue weighted by atomic mass is 10.0. The first kappa shape index (κ1) is 28.2. The molecule has 11 rings (SSSR count). The molecule has 0 saturated heterocycles. The van der Waals surface area contributed by atoms with Crippen LogP contribution < -0.4 is 0 Å². The predicted molar refractivity (Wildman–Crippen MR) is 211 cm³/mol. The molecule has 5 nitrogen and oxygen atoms in total. The van der Waals surface area contributed by atoms with Crippen molar-refractivity contribution in [1.82, 2.24) is 19.5 Å². The molecule has 0 saturated carbocycles. The summed E-state index contributed by atoms with van der Waals surface area (Å²) in [6.45, 7) is 0. The van der Waals surface area contributed by atoms with Crippen molar-refractivity contribution in [2.24, 2.45) is 0 Å². The largest absolute Gasteiger partial charge is 0.456 e. The van der Waals surface area contributed by atoms with Gasteiger partial charge in [-0.1, -0.05) is 103 Å². The van der Waals surface area contributed by atoms with Gasteiger partial charge in [0.15, 0.2) is 17.5 Å². The average Bonchev–Trinajstić information content (AvgIpc) is 3.87. The molecule has 0 aliphatic heterocycles. The molecule has 0 aliphatic rings. The standard InChI is InChI=1S/C45H26N4OS/c1-2-12-27(13-3-1)43-46-44(28-22-24-38-33(26-28)31-16-6-10-20-37(31)50-38)48-45(47-43)42-36(23-25-40-41(42)32-17-7-11-21-39(32)51-40)49-34-18-8-4-14-29(34)30-15-5-9-19-35(30)49/h1-26H. The Labute approximate surface area is 295 Å². The summed E-state index contributed by atoms with van der Waals surface area (Å²) >= 11 is 1.80. The Bertz CT molecular complexity index is 3100. The second-order valence-corrected chi connectivity index (χ2v) is 13.9. The summed E-state index contributed by atoms with van der Waals surface area (Å²) < 4.78 is 11.0. The highest BCUT2D eigenvalue weighted by molar-refractivity contribution is 7.26. The number of furan rings is 1. The molecule has 0 radical (unpaired) electrons. The molecule has 0 aliphatic carbocycles. The zero-order valence-electron chi connectivity index (χ0n) is 27.1. The van der Waals surface area contributed by atoms with E-state index < -0.39 is 0 Å². The molecule has 0 atom stereocenters. The first-order valence-electron chi connectivity index (χ1n) is 16.9. The summed E-state index contributed by atoms with van der Waals surface area (Å²) in [7, 11) is 0. The average molecular weight is 671 g/mol. The van der Waals surface area contributed by atoms with Crippen LogP contribution in [0.1, 0.15) is 0 Å². The van der Waals surface area contributed by atoms with Gasteiger partial charge < -0.3 is 8.98 Å². The normalized spacial score (nSPS) is 11.9. The second-order valence-electron chi connectivity index (χ2n) is 12.8. The van der Waals surface area contributed by atoms with Gasteiger partial charge in [0.1, 0.15) is 11.2 Å². The van der Waals surface area contributed by atoms with Crippen LogP contribution in [0.2, 0.25) is 0 Å². The van der Waals surface area contributed by atoms with Crippen molar-refractivity contribution in [3.05, 3.63) is 158 Å². The highest BCUT2D eigenvalue weighted by Gasteiger charge is 2.23. The summed E-state index contributed by atoms with van der Waals surface area (Å²) in [5, 5.41) is 6.83. The number of thiophene rings is 1. The molecule has 4 aromatic heterocycles. The summed E-state index contributed by atoms with van der Waals surface area (Å²) in [4.78, 5) is 15.8. The van der Waals surface area contributed by atoms with Crippen molar-refractivity contribution >= 4 is 75.3 Å². The molecule has 51 heavy (non-hydrogen) atoms. The van der Waals surface area contributed by atoms with E-state index in [1.54, 1.807) is 11.3 Å². The van der Waals surface area contributed by atoms with Crippen LogP contribution in [-0.4, -0.2) is 19.5 Å². The Hall–Kier alpha value is -6.63. The Morgan fingerprint density at radius 3 is 1.82 bits per heavy atom. The van der Waals surface area contributed by atoms with E-state index in [2.05, 4.69) is 114 Å². The third-order valence-corrected chi connectivity index (χ3v) is 11.0. The maximum absolute atomic E-state index is 6.18. The van der Waals surface area contributed by atoms with Crippen LogP contribution in [0.3, 0.4) is 0 Å². The van der Waals surface area contributed by atoms with E-state index >= 15 is 0 Å². The van der Waals surface area contributed by atoms with Crippen LogP contribution >= 0.6 is 11.3 Å². The molecule has 6 heteroatoms. The van der Waals surface area contributed by atoms with Crippen molar-refractivity contribution in [3.63, 3.8) is 0 Å². The molecule has 0 bridgehead atoms. The van der Waals surface area contributed by atoms with Crippen LogP contribution in [0.25, 0.3) is 104 Å². The Morgan fingerprint density at radius 1 is 0.431 bits per heavy atom. The molecule has 7 aromatic carbocycles. The molecule has 11 aromatic rings. The van der Waals surface area contributed by atoms with Gasteiger partial charge in [0.2, 0.25) is 0 Å². The van der Waals surface area contributed by atoms with E-state index in [-0.39, 0.29) is 0 Å². The van der Waals surface area contributed by atoms with E-state index in [0.29, 0.717) is 17.5 Å². The minimum Gasteiger partial charge on any atom is -0.456 e. The molecule has 0 fully saturated rings. The van der Waals surface area contributed by atoms with Gasteiger partial charge in [-0.15, -0.1) is 11.3 Å². The number of nitrogens with zero attached hydrogens (tertiary/aromatic N) is 4. The van der Waals surface area contributed by atoms with Crippen molar-refractivity contribution in [2.75, 3.05) is 0 Å². The third kappa shape index (κ3) is 4.30. The first-order valence-corrected chi connectivity index (χ1v) is 17.8. The van der Waals surface area contributed by atoms with Crippen molar-refractivity contribution < 1.29 is 4.42 Å². The fourth-order valence-electron chi connectivity index (χ4n) is 7.60. The molecular weight excluding hydrogens is 645 g/mol. The molecule has 0 amide bonds. The smallest absolute Gasteiger partial charge is 0.166 e. The highest BCUT2D eigenvalue weighted by atomic mass is 32.1. The molecule has 4 heterocycles. The van der Waals surface area contributed by atoms with Gasteiger partial charge in [0.05, 0.1) is 22.3 Å². The number of rotatable bonds is 4. The lowest BCUT2D eigenvalue weighted by Gasteiger charge is -2.16. The maximum atomic E-state index is 6.18. The molecule has 238 valence electrons. The van der Waals surface area contributed by atoms with Gasteiger partial charge in [0, 0.05) is 52.8 Å². The van der Waals surface area contributed by atoms with Gasteiger partial charge in [-0.05, 0) is 54.6 Å². The van der Waals surface area contributed by atoms with Crippen LogP contribution in [0, 0.1) is 0 Å². The molecule has 0 unspecified atom stereocenters. The number of benzene rings is 7. The van der Waals surface area contributed by atoms with E-state index in [1.165, 1.54) is 25.6 Å². The van der Waals surface area contributed by atoms with Crippen LogP contribution in [0.15, 0.2) is 162 Å². The Balaban J connectivity index is 1.27. The van der Waals surface area contributed by atoms with Crippen molar-refractivity contribution in [1.29, 1.82) is 0 Å². The first-order chi connectivity index (χ1) is 25.3. The summed E-state index contributed by atoms with van der Waals surface area (Å²) in [6.07, 6.45) is 0. The van der Waals surface area contributed by atoms with E-state index in [0.717, 1.165) is 60.7 Å². The zero-order valence-corrected chi connectivity index (χ0v) is 27.9. The topological polar surface area (TPSA) is 56.7 Å². The van der Waals surface area contributed by atoms with Crippen molar-refractivity contribution in [3.8, 4) is 39.9 Å². The summed E-state index contributed by atoms with van der Waals surface area (Å²) in [5.74, 6) is 1.86. The van der Waals surface area contributed by atoms with E-state index in [4.69, 9.17) is 19.4 Å². The fourth-order valence-corrected chi connectivity index (χ4v) is 8.71. The van der Waals surface area contributed by atoms with Crippen molar-refractivity contribution in [2.45, 2.75) is 0 Å². The predicted octanol–water partition coefficient (Wildman–Crippen LogP) is 12.2. The third-order valence-electron chi connectivity index (χ3n) is 9.87. The second kappa shape index (κ2) is 10.9. The molecule has 0 N–H and O–H groups in total. The summed E-state index contributed by atoms with van der Waals surface area (Å²) in [5.41, 5.74) is 7.79. The van der Waals surface area contributed by atoms with Crippen LogP contribution in [0.4, 0.5) is 0 Å². The van der Waals surface area contributed by atoms with Crippen LogP contribution in [0.5, 0.6) is 0 Å². The minimum absolute atomic E-state index is 0.607. The van der Waals surface area contributed by atoms with Crippen LogP contribution in [-0.2, 0) is 0 Å². The number of fused-ring (bicyclic) bond motifs is 9. The van der Waals surface area contributed by atoms with E-state index in [1.807, 2.05) is 48.5 Å². The SMILES string of the molecule is c1ccc(-c2nc(-c3ccc4oc5ccccc5c4c3)nc(-c3c(-n4c5ccccc5c5ccccc54)ccc4sc5ccccc5c34)n2)cc1. The fraction of sp³-hybridized carbons (Fsp3) is 0. The Morgan fingerprint density at radius 2 is 1.04 bits per heavy atom. The number of aromatic nitrogens is 4. The number of hydrogen-bond acceptors (Lipinski definition) is 5. The molecule has 0 spiro atoms. The lowest BCUT2D eigenvalue weighted by molar-refractivity contribution is 0.669. The van der Waals surface area contributed by atoms with Gasteiger partial charge in [-0.3, -0.25) is 0 Å².